The van der Waals surface area contributed by atoms with Gasteiger partial charge in [0.25, 0.3) is 5.13 Å². The van der Waals surface area contributed by atoms with Crippen LogP contribution in [0.15, 0.2) is 30.3 Å². The highest BCUT2D eigenvalue weighted by molar-refractivity contribution is 7.52. The number of aliphatic hydroxyl groups is 1. The van der Waals surface area contributed by atoms with Gasteiger partial charge in [-0.15, -0.1) is 0 Å². The van der Waals surface area contributed by atoms with Gasteiger partial charge in [0.15, 0.2) is 12.0 Å². The summed E-state index contributed by atoms with van der Waals surface area (Å²) in [5.41, 5.74) is 11.6. The molecule has 222 valence electrons. The first kappa shape index (κ1) is 31.6. The van der Waals surface area contributed by atoms with Gasteiger partial charge < -0.3 is 40.6 Å². The first-order valence-corrected chi connectivity index (χ1v) is 14.2. The lowest BCUT2D eigenvalue weighted by Gasteiger charge is -2.25. The van der Waals surface area contributed by atoms with E-state index in [9.17, 15) is 14.5 Å². The van der Waals surface area contributed by atoms with E-state index >= 15 is 4.39 Å². The summed E-state index contributed by atoms with van der Waals surface area (Å²) in [6.45, 7) is 5.94. The number of aliphatic hydroxyl groups excluding tert-OH is 1. The van der Waals surface area contributed by atoms with Crippen molar-refractivity contribution in [2.45, 2.75) is 63.4 Å². The number of halogens is 2. The van der Waals surface area contributed by atoms with Crippen LogP contribution in [0.5, 0.6) is 11.6 Å². The number of benzene rings is 1. The van der Waals surface area contributed by atoms with Gasteiger partial charge in [0.1, 0.15) is 29.7 Å². The Morgan fingerprint density at radius 3 is 2.58 bits per heavy atom. The molecule has 1 aromatic carbocycles. The summed E-state index contributed by atoms with van der Waals surface area (Å²) < 4.78 is 56.1. The number of anilines is 3. The summed E-state index contributed by atoms with van der Waals surface area (Å²) in [5.74, 6) is -1.00. The van der Waals surface area contributed by atoms with E-state index in [1.54, 1.807) is 39.0 Å². The molecule has 2 heterocycles. The molecule has 6 atom stereocenters. The van der Waals surface area contributed by atoms with Crippen LogP contribution in [-0.4, -0.2) is 70.0 Å². The Kier molecular flexibility index (Phi) is 10.4. The number of hydrogen-bond acceptors (Lipinski definition) is 13. The molecule has 0 aliphatic carbocycles. The van der Waals surface area contributed by atoms with Gasteiger partial charge in [0, 0.05) is 0 Å². The summed E-state index contributed by atoms with van der Waals surface area (Å²) in [7, 11) is -4.33. The zero-order valence-corrected chi connectivity index (χ0v) is 23.9. The maximum absolute atomic E-state index is 15.4. The molecule has 1 fully saturated rings. The minimum Gasteiger partial charge on any atom is -0.476 e. The summed E-state index contributed by atoms with van der Waals surface area (Å²) >= 11 is 5.99. The molecule has 14 nitrogen and oxygen atoms in total. The van der Waals surface area contributed by atoms with Gasteiger partial charge >= 0.3 is 13.7 Å². The highest BCUT2D eigenvalue weighted by Crippen LogP contribution is 2.47. The van der Waals surface area contributed by atoms with Crippen molar-refractivity contribution in [3.05, 3.63) is 30.3 Å². The molecule has 0 amide bonds. The van der Waals surface area contributed by atoms with Crippen molar-refractivity contribution in [3.63, 3.8) is 0 Å². The number of hydrogen-bond donors (Lipinski definition) is 5. The molecular formula is C23H33ClFN6O8P. The quantitative estimate of drug-likeness (QED) is 0.126. The summed E-state index contributed by atoms with van der Waals surface area (Å²) in [6.07, 6.45) is -5.58. The number of rotatable bonds is 13. The van der Waals surface area contributed by atoms with Gasteiger partial charge in [0.05, 0.1) is 19.3 Å². The van der Waals surface area contributed by atoms with Gasteiger partial charge in [-0.2, -0.15) is 15.1 Å². The summed E-state index contributed by atoms with van der Waals surface area (Å²) in [5, 5.41) is 12.7. The van der Waals surface area contributed by atoms with Gasteiger partial charge in [-0.25, -0.2) is 8.96 Å². The van der Waals surface area contributed by atoms with Gasteiger partial charge in [-0.3, -0.25) is 9.32 Å². The Bertz CT molecular complexity index is 1210. The van der Waals surface area contributed by atoms with E-state index < -0.39 is 56.0 Å². The zero-order valence-electron chi connectivity index (χ0n) is 22.2. The first-order valence-electron chi connectivity index (χ1n) is 12.3. The molecule has 17 heteroatoms. The van der Waals surface area contributed by atoms with E-state index in [-0.39, 0.29) is 35.7 Å². The van der Waals surface area contributed by atoms with E-state index in [1.807, 2.05) is 0 Å². The smallest absolute Gasteiger partial charge is 0.459 e. The minimum atomic E-state index is -4.33. The van der Waals surface area contributed by atoms with Crippen LogP contribution >= 0.6 is 19.3 Å². The van der Waals surface area contributed by atoms with Crippen molar-refractivity contribution in [2.75, 3.05) is 30.0 Å². The fraction of sp³-hybridized carbons (Fsp3) is 0.522. The summed E-state index contributed by atoms with van der Waals surface area (Å²) in [4.78, 5) is 20.1. The number of ether oxygens (including phenoxy) is 3. The molecule has 0 radical (unpaired) electrons. The topological polar surface area (TPSA) is 202 Å². The molecule has 7 N–H and O–H groups in total. The molecule has 1 saturated heterocycles. The normalized spacial score (nSPS) is 24.8. The van der Waals surface area contributed by atoms with Gasteiger partial charge in [0.2, 0.25) is 11.8 Å². The van der Waals surface area contributed by atoms with Crippen molar-refractivity contribution in [1.29, 1.82) is 0 Å². The number of nitrogens with two attached hydrogens (primary N) is 2. The van der Waals surface area contributed by atoms with E-state index in [1.165, 1.54) is 19.1 Å². The number of esters is 1. The second-order valence-electron chi connectivity index (χ2n) is 8.93. The number of para-hydroxylation sites is 1. The van der Waals surface area contributed by atoms with Crippen LogP contribution in [0.4, 0.5) is 21.8 Å². The van der Waals surface area contributed by atoms with Crippen molar-refractivity contribution in [1.82, 2.24) is 15.1 Å². The second-order valence-corrected chi connectivity index (χ2v) is 11.2. The zero-order chi connectivity index (χ0) is 29.7. The number of nitrogens with one attached hydrogen (secondary N) is 2. The first-order chi connectivity index (χ1) is 18.8. The average molecular weight is 607 g/mol. The summed E-state index contributed by atoms with van der Waals surface area (Å²) in [6, 6.07) is 6.86. The van der Waals surface area contributed by atoms with E-state index in [2.05, 4.69) is 20.4 Å². The molecule has 2 aromatic rings. The molecule has 6 unspecified atom stereocenters. The van der Waals surface area contributed by atoms with Crippen molar-refractivity contribution in [2.24, 2.45) is 0 Å². The lowest BCUT2D eigenvalue weighted by Crippen LogP contribution is -2.43. The van der Waals surface area contributed by atoms with E-state index in [0.29, 0.717) is 0 Å². The van der Waals surface area contributed by atoms with Crippen LogP contribution < -0.4 is 31.1 Å². The molecule has 3 rings (SSSR count). The Balaban J connectivity index is 1.77. The van der Waals surface area contributed by atoms with Crippen LogP contribution in [0, 0.1) is 0 Å². The molecule has 1 aromatic heterocycles. The van der Waals surface area contributed by atoms with E-state index in [4.69, 9.17) is 46.3 Å². The maximum Gasteiger partial charge on any atom is 0.459 e. The van der Waals surface area contributed by atoms with Crippen LogP contribution in [-0.2, 0) is 23.4 Å². The molecule has 0 spiro atoms. The molecule has 0 saturated carbocycles. The Labute approximate surface area is 235 Å². The Hall–Kier alpha value is -2.94. The molecule has 1 aliphatic rings. The lowest BCUT2D eigenvalue weighted by atomic mass is 10.1. The fourth-order valence-corrected chi connectivity index (χ4v) is 5.20. The lowest BCUT2D eigenvalue weighted by molar-refractivity contribution is -0.149. The van der Waals surface area contributed by atoms with Crippen LogP contribution in [0.3, 0.4) is 0 Å². The fourth-order valence-electron chi connectivity index (χ4n) is 3.46. The highest BCUT2D eigenvalue weighted by Gasteiger charge is 2.57. The minimum absolute atomic E-state index is 0.0508. The van der Waals surface area contributed by atoms with Crippen molar-refractivity contribution in [3.8, 4) is 11.6 Å². The SMILES string of the molecule is CCOc1nc(N)nc(NC2OC(COP(=O)(NC(C)C(=O)OC(C)C)Oc3ccccc3)C(O)C2(F)Cl)c1N. The average Bonchev–Trinajstić information content (AvgIpc) is 3.08. The molecule has 40 heavy (non-hydrogen) atoms. The number of nitrogens with zero attached hydrogens (tertiary/aromatic N) is 2. The monoisotopic (exact) mass is 606 g/mol. The number of aromatic nitrogens is 2. The number of carbonyl (C=O) groups is 1. The third kappa shape index (κ3) is 7.83. The standard InChI is InChI=1S/C23H33ClFN6O8P/c1-5-35-19-16(26)18(29-22(27)30-19)28-21-23(24,25)17(32)15(38-21)11-36-40(34,39-14-9-7-6-8-10-14)31-13(4)20(33)37-12(2)3/h6-10,12-13,15,17,21,32H,5,11,26H2,1-4H3,(H,31,34)(H3,27,28,29,30). The van der Waals surface area contributed by atoms with Crippen LogP contribution in [0.2, 0.25) is 0 Å². The molecule has 0 bridgehead atoms. The number of alkyl halides is 2. The maximum atomic E-state index is 15.4. The molecular weight excluding hydrogens is 574 g/mol. The Morgan fingerprint density at radius 2 is 1.95 bits per heavy atom. The van der Waals surface area contributed by atoms with Crippen LogP contribution in [0.25, 0.3) is 0 Å². The third-order valence-corrected chi connectivity index (χ3v) is 7.38. The number of nitrogen functional groups attached to an aromatic ring is 2. The predicted molar refractivity (Wildman–Crippen MR) is 144 cm³/mol. The number of carbonyl (C=O) groups excluding carboxylic acids is 1. The van der Waals surface area contributed by atoms with Crippen LogP contribution in [0.1, 0.15) is 27.7 Å². The largest absolute Gasteiger partial charge is 0.476 e. The second kappa shape index (κ2) is 13.1. The predicted octanol–water partition coefficient (Wildman–Crippen LogP) is 2.58. The molecule has 1 aliphatic heterocycles. The highest BCUT2D eigenvalue weighted by atomic mass is 35.5. The van der Waals surface area contributed by atoms with Gasteiger partial charge in [-0.1, -0.05) is 29.8 Å². The van der Waals surface area contributed by atoms with Gasteiger partial charge in [-0.05, 0) is 39.8 Å². The Morgan fingerprint density at radius 1 is 1.27 bits per heavy atom. The van der Waals surface area contributed by atoms with Crippen molar-refractivity contribution >= 4 is 42.8 Å². The third-order valence-electron chi connectivity index (χ3n) is 5.32. The van der Waals surface area contributed by atoms with E-state index in [0.717, 1.165) is 0 Å². The van der Waals surface area contributed by atoms with Crippen molar-refractivity contribution < 1.29 is 42.1 Å².